The van der Waals surface area contributed by atoms with Gasteiger partial charge in [-0.25, -0.2) is 4.98 Å². The van der Waals surface area contributed by atoms with Gasteiger partial charge in [-0.05, 0) is 25.0 Å². The zero-order chi connectivity index (χ0) is 17.1. The van der Waals surface area contributed by atoms with Crippen molar-refractivity contribution in [3.63, 3.8) is 0 Å². The molecule has 0 aliphatic carbocycles. The van der Waals surface area contributed by atoms with Crippen molar-refractivity contribution in [3.8, 4) is 0 Å². The summed E-state index contributed by atoms with van der Waals surface area (Å²) in [6.07, 6.45) is 7.02. The van der Waals surface area contributed by atoms with E-state index < -0.39 is 0 Å². The number of amides is 1. The van der Waals surface area contributed by atoms with E-state index in [0.717, 1.165) is 43.6 Å². The van der Waals surface area contributed by atoms with Gasteiger partial charge in [-0.15, -0.1) is 0 Å². The van der Waals surface area contributed by atoms with Crippen LogP contribution in [0.2, 0.25) is 0 Å². The number of oxazole rings is 1. The van der Waals surface area contributed by atoms with E-state index in [4.69, 9.17) is 4.42 Å². The normalized spacial score (nSPS) is 15.6. The molecule has 0 saturated carbocycles. The smallest absolute Gasteiger partial charge is 0.298 e. The van der Waals surface area contributed by atoms with E-state index in [9.17, 15) is 4.79 Å². The molecule has 1 aliphatic rings. The average Bonchev–Trinajstić information content (AvgIpc) is 3.31. The summed E-state index contributed by atoms with van der Waals surface area (Å²) in [5, 5.41) is 3.02. The number of hydrogen-bond donors (Lipinski definition) is 1. The molecular formula is C18H21N5O2. The predicted molar refractivity (Wildman–Crippen MR) is 94.2 cm³/mol. The minimum Gasteiger partial charge on any atom is -0.423 e. The Morgan fingerprint density at radius 3 is 2.88 bits per heavy atom. The largest absolute Gasteiger partial charge is 0.423 e. The predicted octanol–water partition coefficient (Wildman–Crippen LogP) is 2.06. The molecule has 1 saturated heterocycles. The third kappa shape index (κ3) is 3.50. The molecule has 7 heteroatoms. The number of aromatic nitrogens is 3. The monoisotopic (exact) mass is 339 g/mol. The van der Waals surface area contributed by atoms with E-state index in [1.165, 1.54) is 0 Å². The van der Waals surface area contributed by atoms with Gasteiger partial charge in [0.05, 0.1) is 6.33 Å². The second kappa shape index (κ2) is 6.96. The summed E-state index contributed by atoms with van der Waals surface area (Å²) in [6, 6.07) is 8.42. The van der Waals surface area contributed by atoms with Gasteiger partial charge in [0.15, 0.2) is 5.58 Å². The molecule has 0 unspecified atom stereocenters. The zero-order valence-corrected chi connectivity index (χ0v) is 14.0. The molecule has 1 aliphatic heterocycles. The summed E-state index contributed by atoms with van der Waals surface area (Å²) < 4.78 is 7.77. The molecule has 1 N–H and O–H groups in total. The van der Waals surface area contributed by atoms with E-state index in [0.29, 0.717) is 12.6 Å². The molecule has 3 aromatic rings. The molecule has 1 fully saturated rings. The number of fused-ring (bicyclic) bond motifs is 1. The highest BCUT2D eigenvalue weighted by atomic mass is 16.4. The Kier molecular flexibility index (Phi) is 4.37. The van der Waals surface area contributed by atoms with Gasteiger partial charge in [-0.2, -0.15) is 4.98 Å². The highest BCUT2D eigenvalue weighted by Crippen LogP contribution is 2.26. The van der Waals surface area contributed by atoms with Crippen LogP contribution in [0.15, 0.2) is 47.4 Å². The van der Waals surface area contributed by atoms with Crippen molar-refractivity contribution in [2.24, 2.45) is 5.92 Å². The number of carbonyl (C=O) groups excluding carboxylic acids is 1. The van der Waals surface area contributed by atoms with Crippen molar-refractivity contribution < 1.29 is 9.21 Å². The molecular weight excluding hydrogens is 318 g/mol. The lowest BCUT2D eigenvalue weighted by molar-refractivity contribution is -0.125. The molecule has 25 heavy (non-hydrogen) atoms. The van der Waals surface area contributed by atoms with Gasteiger partial charge >= 0.3 is 0 Å². The molecule has 7 nitrogen and oxygen atoms in total. The number of benzene rings is 1. The van der Waals surface area contributed by atoms with E-state index in [1.807, 2.05) is 35.0 Å². The fourth-order valence-electron chi connectivity index (χ4n) is 3.20. The number of hydrogen-bond acceptors (Lipinski definition) is 5. The number of imidazole rings is 1. The molecule has 1 aromatic carbocycles. The van der Waals surface area contributed by atoms with Crippen LogP contribution in [0.1, 0.15) is 12.8 Å². The van der Waals surface area contributed by atoms with Crippen LogP contribution in [-0.2, 0) is 11.3 Å². The van der Waals surface area contributed by atoms with Gasteiger partial charge in [0, 0.05) is 44.5 Å². The fraction of sp³-hybridized carbons (Fsp3) is 0.389. The van der Waals surface area contributed by atoms with Gasteiger partial charge in [0.25, 0.3) is 6.01 Å². The maximum absolute atomic E-state index is 12.3. The van der Waals surface area contributed by atoms with Gasteiger partial charge in [0.2, 0.25) is 5.91 Å². The van der Waals surface area contributed by atoms with E-state index in [2.05, 4.69) is 20.2 Å². The van der Waals surface area contributed by atoms with Crippen molar-refractivity contribution >= 4 is 23.0 Å². The van der Waals surface area contributed by atoms with E-state index in [1.54, 1.807) is 12.5 Å². The third-order valence-electron chi connectivity index (χ3n) is 4.65. The lowest BCUT2D eigenvalue weighted by Gasteiger charge is -2.30. The Hall–Kier alpha value is -2.83. The first-order chi connectivity index (χ1) is 12.3. The minimum atomic E-state index is 0.0587. The van der Waals surface area contributed by atoms with Crippen LogP contribution < -0.4 is 10.2 Å². The number of nitrogens with zero attached hydrogens (tertiary/aromatic N) is 4. The quantitative estimate of drug-likeness (QED) is 0.770. The molecule has 0 atom stereocenters. The van der Waals surface area contributed by atoms with Crippen LogP contribution in [0.4, 0.5) is 6.01 Å². The molecule has 4 rings (SSSR count). The first-order valence-electron chi connectivity index (χ1n) is 8.63. The Labute approximate surface area is 145 Å². The van der Waals surface area contributed by atoms with Gasteiger partial charge in [-0.3, -0.25) is 4.79 Å². The topological polar surface area (TPSA) is 76.2 Å². The SMILES string of the molecule is O=C(NCCn1ccnc1)C1CCN(c2nc3ccccc3o2)CC1. The van der Waals surface area contributed by atoms with Gasteiger partial charge in [-0.1, -0.05) is 12.1 Å². The molecule has 2 aromatic heterocycles. The first kappa shape index (κ1) is 15.7. The molecule has 130 valence electrons. The van der Waals surface area contributed by atoms with Crippen LogP contribution in [0.3, 0.4) is 0 Å². The highest BCUT2D eigenvalue weighted by molar-refractivity contribution is 5.79. The third-order valence-corrected chi connectivity index (χ3v) is 4.65. The fourth-order valence-corrected chi connectivity index (χ4v) is 3.20. The number of rotatable bonds is 5. The Balaban J connectivity index is 1.28. The number of piperidine rings is 1. The minimum absolute atomic E-state index is 0.0587. The molecule has 0 radical (unpaired) electrons. The van der Waals surface area contributed by atoms with Crippen LogP contribution in [0.5, 0.6) is 0 Å². The van der Waals surface area contributed by atoms with Crippen molar-refractivity contribution in [1.29, 1.82) is 0 Å². The van der Waals surface area contributed by atoms with Crippen molar-refractivity contribution in [2.45, 2.75) is 19.4 Å². The standard InChI is InChI=1S/C18H21N5O2/c24-17(20-8-12-22-11-7-19-13-22)14-5-9-23(10-6-14)18-21-15-3-1-2-4-16(15)25-18/h1-4,7,11,13-14H,5-6,8-10,12H2,(H,20,24). The van der Waals surface area contributed by atoms with Crippen LogP contribution in [-0.4, -0.2) is 40.1 Å². The summed E-state index contributed by atoms with van der Waals surface area (Å²) in [4.78, 5) is 23.0. The Morgan fingerprint density at radius 1 is 1.28 bits per heavy atom. The molecule has 0 bridgehead atoms. The van der Waals surface area contributed by atoms with Crippen LogP contribution in [0.25, 0.3) is 11.1 Å². The summed E-state index contributed by atoms with van der Waals surface area (Å²) >= 11 is 0. The second-order valence-corrected chi connectivity index (χ2v) is 6.32. The number of carbonyl (C=O) groups is 1. The van der Waals surface area contributed by atoms with E-state index in [-0.39, 0.29) is 11.8 Å². The number of anilines is 1. The summed E-state index contributed by atoms with van der Waals surface area (Å²) in [7, 11) is 0. The van der Waals surface area contributed by atoms with Gasteiger partial charge in [0.1, 0.15) is 5.52 Å². The van der Waals surface area contributed by atoms with Crippen molar-refractivity contribution in [1.82, 2.24) is 19.9 Å². The van der Waals surface area contributed by atoms with Crippen LogP contribution in [0, 0.1) is 5.92 Å². The number of nitrogens with one attached hydrogen (secondary N) is 1. The molecule has 3 heterocycles. The lowest BCUT2D eigenvalue weighted by atomic mass is 9.96. The molecule has 1 amide bonds. The summed E-state index contributed by atoms with van der Waals surface area (Å²) in [5.41, 5.74) is 1.67. The zero-order valence-electron chi connectivity index (χ0n) is 14.0. The number of para-hydroxylation sites is 2. The Morgan fingerprint density at radius 2 is 2.12 bits per heavy atom. The second-order valence-electron chi connectivity index (χ2n) is 6.32. The van der Waals surface area contributed by atoms with Crippen LogP contribution >= 0.6 is 0 Å². The molecule has 0 spiro atoms. The maximum Gasteiger partial charge on any atom is 0.298 e. The highest BCUT2D eigenvalue weighted by Gasteiger charge is 2.26. The lowest BCUT2D eigenvalue weighted by Crippen LogP contribution is -2.41. The first-order valence-corrected chi connectivity index (χ1v) is 8.63. The van der Waals surface area contributed by atoms with Gasteiger partial charge < -0.3 is 19.2 Å². The van der Waals surface area contributed by atoms with Crippen molar-refractivity contribution in [2.75, 3.05) is 24.5 Å². The van der Waals surface area contributed by atoms with E-state index >= 15 is 0 Å². The summed E-state index contributed by atoms with van der Waals surface area (Å²) in [6.45, 7) is 2.94. The van der Waals surface area contributed by atoms with Crippen molar-refractivity contribution in [3.05, 3.63) is 43.0 Å². The Bertz CT molecular complexity index is 801. The average molecular weight is 339 g/mol. The maximum atomic E-state index is 12.3. The summed E-state index contributed by atoms with van der Waals surface area (Å²) in [5.74, 6) is 0.195.